The number of carboxylic acid groups (broad SMARTS) is 1. The van der Waals surface area contributed by atoms with E-state index in [1.807, 2.05) is 0 Å². The van der Waals surface area contributed by atoms with E-state index in [4.69, 9.17) is 10.8 Å². The molecule has 0 saturated carbocycles. The fraction of sp³-hybridized carbons (Fsp3) is 0. The van der Waals surface area contributed by atoms with Crippen LogP contribution in [0.15, 0.2) is 36.4 Å². The molecule has 0 aliphatic heterocycles. The maximum absolute atomic E-state index is 13.5. The van der Waals surface area contributed by atoms with Gasteiger partial charge in [-0.25, -0.2) is 9.18 Å². The molecule has 2 aromatic carbocycles. The van der Waals surface area contributed by atoms with Crippen LogP contribution in [-0.2, 0) is 0 Å². The van der Waals surface area contributed by atoms with Crippen LogP contribution in [0.5, 0.6) is 5.75 Å². The number of phenols is 1. The van der Waals surface area contributed by atoms with E-state index in [1.165, 1.54) is 30.3 Å². The van der Waals surface area contributed by atoms with Gasteiger partial charge >= 0.3 is 5.97 Å². The molecule has 0 fully saturated rings. The summed E-state index contributed by atoms with van der Waals surface area (Å²) < 4.78 is 13.5. The first kappa shape index (κ1) is 14.3. The monoisotopic (exact) mass is 290 g/mol. The van der Waals surface area contributed by atoms with Gasteiger partial charge in [0.15, 0.2) is 0 Å². The molecule has 0 saturated heterocycles. The normalized spacial score (nSPS) is 10.1. The van der Waals surface area contributed by atoms with Crippen molar-refractivity contribution >= 4 is 23.3 Å². The predicted molar refractivity (Wildman–Crippen MR) is 73.8 cm³/mol. The fourth-order valence-corrected chi connectivity index (χ4v) is 1.73. The number of halogens is 1. The number of carbonyl (C=O) groups excluding carboxylic acids is 1. The van der Waals surface area contributed by atoms with E-state index in [2.05, 4.69) is 5.32 Å². The lowest BCUT2D eigenvalue weighted by molar-refractivity contribution is 0.0696. The molecular formula is C14H11FN2O4. The smallest absolute Gasteiger partial charge is 0.335 e. The number of anilines is 2. The Morgan fingerprint density at radius 3 is 2.48 bits per heavy atom. The second kappa shape index (κ2) is 5.49. The number of aromatic carboxylic acids is 1. The first-order valence-electron chi connectivity index (χ1n) is 5.82. The van der Waals surface area contributed by atoms with Gasteiger partial charge < -0.3 is 21.3 Å². The van der Waals surface area contributed by atoms with Crippen molar-refractivity contribution in [3.05, 3.63) is 53.3 Å². The molecule has 21 heavy (non-hydrogen) atoms. The van der Waals surface area contributed by atoms with Gasteiger partial charge in [0.2, 0.25) is 0 Å². The molecule has 0 heterocycles. The van der Waals surface area contributed by atoms with E-state index in [1.54, 1.807) is 0 Å². The van der Waals surface area contributed by atoms with E-state index in [9.17, 15) is 19.1 Å². The summed E-state index contributed by atoms with van der Waals surface area (Å²) in [5, 5.41) is 20.6. The lowest BCUT2D eigenvalue weighted by Crippen LogP contribution is -2.15. The number of nitrogens with two attached hydrogens (primary N) is 1. The van der Waals surface area contributed by atoms with Crippen LogP contribution in [0.4, 0.5) is 15.8 Å². The number of rotatable bonds is 3. The lowest BCUT2D eigenvalue weighted by atomic mass is 10.1. The van der Waals surface area contributed by atoms with E-state index >= 15 is 0 Å². The van der Waals surface area contributed by atoms with Gasteiger partial charge in [-0.05, 0) is 30.3 Å². The van der Waals surface area contributed by atoms with Crippen molar-refractivity contribution in [2.24, 2.45) is 0 Å². The van der Waals surface area contributed by atoms with Crippen LogP contribution in [0.3, 0.4) is 0 Å². The van der Waals surface area contributed by atoms with Gasteiger partial charge in [-0.1, -0.05) is 6.07 Å². The molecule has 2 rings (SSSR count). The van der Waals surface area contributed by atoms with Crippen molar-refractivity contribution in [1.29, 1.82) is 0 Å². The molecule has 0 unspecified atom stereocenters. The maximum Gasteiger partial charge on any atom is 0.335 e. The van der Waals surface area contributed by atoms with Crippen molar-refractivity contribution in [3.63, 3.8) is 0 Å². The Bertz CT molecular complexity index is 711. The number of carbonyl (C=O) groups is 2. The second-order valence-corrected chi connectivity index (χ2v) is 4.20. The number of hydrogen-bond acceptors (Lipinski definition) is 4. The summed E-state index contributed by atoms with van der Waals surface area (Å²) in [7, 11) is 0. The van der Waals surface area contributed by atoms with Crippen molar-refractivity contribution in [3.8, 4) is 5.75 Å². The SMILES string of the molecule is Nc1cc(C(=O)O)ccc1NC(=O)c1c(O)cccc1F. The number of amides is 1. The Labute approximate surface area is 118 Å². The third-order valence-corrected chi connectivity index (χ3v) is 2.77. The molecule has 0 aliphatic carbocycles. The summed E-state index contributed by atoms with van der Waals surface area (Å²) in [6, 6.07) is 7.17. The quantitative estimate of drug-likeness (QED) is 0.646. The Morgan fingerprint density at radius 1 is 1.19 bits per heavy atom. The molecule has 0 aliphatic rings. The molecular weight excluding hydrogens is 279 g/mol. The third kappa shape index (κ3) is 2.92. The van der Waals surface area contributed by atoms with Crippen LogP contribution in [0.1, 0.15) is 20.7 Å². The van der Waals surface area contributed by atoms with E-state index < -0.39 is 29.0 Å². The topological polar surface area (TPSA) is 113 Å². The van der Waals surface area contributed by atoms with Gasteiger partial charge in [0, 0.05) is 0 Å². The highest BCUT2D eigenvalue weighted by Gasteiger charge is 2.17. The summed E-state index contributed by atoms with van der Waals surface area (Å²) in [6.07, 6.45) is 0. The highest BCUT2D eigenvalue weighted by Crippen LogP contribution is 2.24. The number of hydrogen-bond donors (Lipinski definition) is 4. The maximum atomic E-state index is 13.5. The standard InChI is InChI=1S/C14H11FN2O4/c15-8-2-1-3-11(18)12(8)13(19)17-10-5-4-7(14(20)21)6-9(10)16/h1-6,18H,16H2,(H,17,19)(H,20,21). The molecule has 0 aromatic heterocycles. The van der Waals surface area contributed by atoms with Crippen LogP contribution < -0.4 is 11.1 Å². The minimum absolute atomic E-state index is 0.0130. The van der Waals surface area contributed by atoms with Crippen LogP contribution >= 0.6 is 0 Å². The van der Waals surface area contributed by atoms with E-state index in [0.29, 0.717) is 0 Å². The van der Waals surface area contributed by atoms with Gasteiger partial charge in [0.1, 0.15) is 17.1 Å². The van der Waals surface area contributed by atoms with Crippen LogP contribution in [-0.4, -0.2) is 22.1 Å². The van der Waals surface area contributed by atoms with Gasteiger partial charge in [-0.15, -0.1) is 0 Å². The van der Waals surface area contributed by atoms with Gasteiger partial charge in [0.25, 0.3) is 5.91 Å². The first-order chi connectivity index (χ1) is 9.90. The molecule has 7 heteroatoms. The molecule has 0 spiro atoms. The van der Waals surface area contributed by atoms with E-state index in [-0.39, 0.29) is 16.9 Å². The van der Waals surface area contributed by atoms with Gasteiger partial charge in [-0.2, -0.15) is 0 Å². The zero-order chi connectivity index (χ0) is 15.6. The van der Waals surface area contributed by atoms with Crippen LogP contribution in [0.25, 0.3) is 0 Å². The molecule has 0 bridgehead atoms. The van der Waals surface area contributed by atoms with Crippen molar-refractivity contribution in [2.45, 2.75) is 0 Å². The summed E-state index contributed by atoms with van der Waals surface area (Å²) >= 11 is 0. The molecule has 2 aromatic rings. The summed E-state index contributed by atoms with van der Waals surface area (Å²) in [6.45, 7) is 0. The summed E-state index contributed by atoms with van der Waals surface area (Å²) in [5.41, 5.74) is 5.20. The van der Waals surface area contributed by atoms with Crippen LogP contribution in [0, 0.1) is 5.82 Å². The van der Waals surface area contributed by atoms with Crippen molar-refractivity contribution < 1.29 is 24.2 Å². The number of nitrogens with one attached hydrogen (secondary N) is 1. The lowest BCUT2D eigenvalue weighted by Gasteiger charge is -2.10. The van der Waals surface area contributed by atoms with Crippen LogP contribution in [0.2, 0.25) is 0 Å². The average molecular weight is 290 g/mol. The number of carboxylic acids is 1. The molecule has 0 radical (unpaired) electrons. The van der Waals surface area contributed by atoms with Crippen molar-refractivity contribution in [1.82, 2.24) is 0 Å². The Hall–Kier alpha value is -3.09. The summed E-state index contributed by atoms with van der Waals surface area (Å²) in [5.74, 6) is -3.44. The number of benzene rings is 2. The molecule has 1 amide bonds. The van der Waals surface area contributed by atoms with Gasteiger partial charge in [0.05, 0.1) is 16.9 Å². The number of aromatic hydroxyl groups is 1. The largest absolute Gasteiger partial charge is 0.507 e. The second-order valence-electron chi connectivity index (χ2n) is 4.20. The zero-order valence-electron chi connectivity index (χ0n) is 10.6. The van der Waals surface area contributed by atoms with E-state index in [0.717, 1.165) is 6.07 Å². The average Bonchev–Trinajstić information content (AvgIpc) is 2.40. The number of phenolic OH excluding ortho intramolecular Hbond substituents is 1. The summed E-state index contributed by atoms with van der Waals surface area (Å²) in [4.78, 5) is 22.7. The Morgan fingerprint density at radius 2 is 1.90 bits per heavy atom. The minimum Gasteiger partial charge on any atom is -0.507 e. The minimum atomic E-state index is -1.16. The van der Waals surface area contributed by atoms with Gasteiger partial charge in [-0.3, -0.25) is 4.79 Å². The predicted octanol–water partition coefficient (Wildman–Crippen LogP) is 2.06. The Kier molecular flexibility index (Phi) is 3.75. The highest BCUT2D eigenvalue weighted by atomic mass is 19.1. The molecule has 5 N–H and O–H groups in total. The third-order valence-electron chi connectivity index (χ3n) is 2.77. The van der Waals surface area contributed by atoms with Crippen molar-refractivity contribution in [2.75, 3.05) is 11.1 Å². The first-order valence-corrected chi connectivity index (χ1v) is 5.82. The molecule has 108 valence electrons. The number of nitrogen functional groups attached to an aromatic ring is 1. The molecule has 0 atom stereocenters. The molecule has 6 nitrogen and oxygen atoms in total. The zero-order valence-corrected chi connectivity index (χ0v) is 10.6. The Balaban J connectivity index is 2.30. The fourth-order valence-electron chi connectivity index (χ4n) is 1.73. The highest BCUT2D eigenvalue weighted by molar-refractivity contribution is 6.08.